The van der Waals surface area contributed by atoms with Crippen molar-refractivity contribution in [2.45, 2.75) is 12.3 Å². The molecule has 2 aromatic rings. The lowest BCUT2D eigenvalue weighted by atomic mass is 10.2. The van der Waals surface area contributed by atoms with Crippen LogP contribution >= 0.6 is 23.2 Å². The van der Waals surface area contributed by atoms with E-state index < -0.39 is 0 Å². The Balaban J connectivity index is 1.71. The molecule has 0 saturated carbocycles. The number of ether oxygens (including phenoxy) is 2. The summed E-state index contributed by atoms with van der Waals surface area (Å²) in [5.74, 6) is 2.00. The second-order valence-corrected chi connectivity index (χ2v) is 4.94. The molecule has 0 radical (unpaired) electrons. The Morgan fingerprint density at radius 2 is 1.65 bits per heavy atom. The number of hydrogen-bond donors (Lipinski definition) is 0. The van der Waals surface area contributed by atoms with Gasteiger partial charge in [0, 0.05) is 12.3 Å². The van der Waals surface area contributed by atoms with Gasteiger partial charge in [0.1, 0.15) is 11.5 Å². The van der Waals surface area contributed by atoms with Crippen LogP contribution in [0.25, 0.3) is 0 Å². The number of hydrogen-bond acceptors (Lipinski definition) is 2. The molecule has 0 bridgehead atoms. The Hall–Kier alpha value is -1.38. The van der Waals surface area contributed by atoms with Gasteiger partial charge in [-0.15, -0.1) is 11.6 Å². The molecule has 0 N–H and O–H groups in total. The molecular weight excluding hydrogens is 295 g/mol. The minimum Gasteiger partial charge on any atom is -0.493 e. The van der Waals surface area contributed by atoms with Crippen molar-refractivity contribution in [1.82, 2.24) is 0 Å². The van der Waals surface area contributed by atoms with E-state index in [-0.39, 0.29) is 0 Å². The quantitative estimate of drug-likeness (QED) is 0.533. The molecule has 4 heteroatoms. The third-order valence-corrected chi connectivity index (χ3v) is 3.31. The molecule has 2 nitrogen and oxygen atoms in total. The summed E-state index contributed by atoms with van der Waals surface area (Å²) in [5.41, 5.74) is 0.983. The molecular formula is C16H16Cl2O2. The first-order chi connectivity index (χ1) is 9.79. The molecule has 0 aliphatic heterocycles. The zero-order valence-electron chi connectivity index (χ0n) is 11.0. The first-order valence-corrected chi connectivity index (χ1v) is 7.36. The van der Waals surface area contributed by atoms with Crippen LogP contribution < -0.4 is 9.47 Å². The van der Waals surface area contributed by atoms with Gasteiger partial charge in [-0.2, -0.15) is 0 Å². The van der Waals surface area contributed by atoms with Crippen LogP contribution in [0.1, 0.15) is 12.0 Å². The second kappa shape index (κ2) is 8.03. The average Bonchev–Trinajstić information content (AvgIpc) is 2.49. The van der Waals surface area contributed by atoms with E-state index in [1.165, 1.54) is 0 Å². The number of benzene rings is 2. The standard InChI is InChI=1S/C16H16Cl2O2/c17-12-13-7-8-16(15(18)11-13)20-10-4-9-19-14-5-2-1-3-6-14/h1-3,5-8,11H,4,9-10,12H2. The highest BCUT2D eigenvalue weighted by molar-refractivity contribution is 6.32. The molecule has 0 aliphatic rings. The lowest BCUT2D eigenvalue weighted by Gasteiger charge is -2.09. The van der Waals surface area contributed by atoms with Gasteiger partial charge in [0.15, 0.2) is 0 Å². The molecule has 2 aromatic carbocycles. The maximum absolute atomic E-state index is 6.10. The van der Waals surface area contributed by atoms with E-state index in [0.29, 0.717) is 29.9 Å². The van der Waals surface area contributed by atoms with Crippen molar-refractivity contribution in [3.8, 4) is 11.5 Å². The predicted octanol–water partition coefficient (Wildman–Crippen LogP) is 4.93. The maximum atomic E-state index is 6.10. The van der Waals surface area contributed by atoms with Crippen LogP contribution in [-0.2, 0) is 5.88 Å². The van der Waals surface area contributed by atoms with Crippen LogP contribution in [0.3, 0.4) is 0 Å². The molecule has 0 heterocycles. The molecule has 0 unspecified atom stereocenters. The normalized spacial score (nSPS) is 10.3. The molecule has 106 valence electrons. The zero-order chi connectivity index (χ0) is 14.2. The largest absolute Gasteiger partial charge is 0.493 e. The summed E-state index contributed by atoms with van der Waals surface area (Å²) in [7, 11) is 0. The van der Waals surface area contributed by atoms with Crippen LogP contribution in [-0.4, -0.2) is 13.2 Å². The van der Waals surface area contributed by atoms with Crippen molar-refractivity contribution < 1.29 is 9.47 Å². The number of para-hydroxylation sites is 1. The molecule has 20 heavy (non-hydrogen) atoms. The molecule has 0 atom stereocenters. The van der Waals surface area contributed by atoms with Crippen LogP contribution in [0, 0.1) is 0 Å². The fourth-order valence-corrected chi connectivity index (χ4v) is 2.12. The van der Waals surface area contributed by atoms with E-state index in [9.17, 15) is 0 Å². The van der Waals surface area contributed by atoms with E-state index in [2.05, 4.69) is 0 Å². The van der Waals surface area contributed by atoms with Crippen LogP contribution in [0.15, 0.2) is 48.5 Å². The lowest BCUT2D eigenvalue weighted by molar-refractivity contribution is 0.247. The topological polar surface area (TPSA) is 18.5 Å². The predicted molar refractivity (Wildman–Crippen MR) is 83.1 cm³/mol. The minimum atomic E-state index is 0.449. The third kappa shape index (κ3) is 4.62. The smallest absolute Gasteiger partial charge is 0.137 e. The number of halogens is 2. The number of rotatable bonds is 7. The summed E-state index contributed by atoms with van der Waals surface area (Å²) < 4.78 is 11.2. The second-order valence-electron chi connectivity index (χ2n) is 4.26. The average molecular weight is 311 g/mol. The van der Waals surface area contributed by atoms with E-state index >= 15 is 0 Å². The van der Waals surface area contributed by atoms with Crippen LogP contribution in [0.2, 0.25) is 5.02 Å². The van der Waals surface area contributed by atoms with Gasteiger partial charge in [-0.05, 0) is 29.8 Å². The van der Waals surface area contributed by atoms with Gasteiger partial charge >= 0.3 is 0 Å². The Morgan fingerprint density at radius 1 is 0.900 bits per heavy atom. The highest BCUT2D eigenvalue weighted by atomic mass is 35.5. The fourth-order valence-electron chi connectivity index (χ4n) is 1.69. The zero-order valence-corrected chi connectivity index (χ0v) is 12.5. The van der Waals surface area contributed by atoms with E-state index in [4.69, 9.17) is 32.7 Å². The summed E-state index contributed by atoms with van der Waals surface area (Å²) in [4.78, 5) is 0. The van der Waals surface area contributed by atoms with Gasteiger partial charge < -0.3 is 9.47 Å². The summed E-state index contributed by atoms with van der Waals surface area (Å²) in [6, 6.07) is 15.3. The third-order valence-electron chi connectivity index (χ3n) is 2.71. The Morgan fingerprint density at radius 3 is 2.35 bits per heavy atom. The summed E-state index contributed by atoms with van der Waals surface area (Å²) >= 11 is 11.8. The van der Waals surface area contributed by atoms with Crippen molar-refractivity contribution in [3.05, 3.63) is 59.1 Å². The molecule has 0 saturated heterocycles. The fraction of sp³-hybridized carbons (Fsp3) is 0.250. The highest BCUT2D eigenvalue weighted by Gasteiger charge is 2.02. The Labute approximate surface area is 129 Å². The monoisotopic (exact) mass is 310 g/mol. The van der Waals surface area contributed by atoms with Gasteiger partial charge in [-0.25, -0.2) is 0 Å². The minimum absolute atomic E-state index is 0.449. The van der Waals surface area contributed by atoms with Crippen molar-refractivity contribution in [2.24, 2.45) is 0 Å². The molecule has 2 rings (SSSR count). The van der Waals surface area contributed by atoms with E-state index in [0.717, 1.165) is 17.7 Å². The van der Waals surface area contributed by atoms with Gasteiger partial charge in [-0.3, -0.25) is 0 Å². The summed E-state index contributed by atoms with van der Waals surface area (Å²) in [6.07, 6.45) is 0.794. The van der Waals surface area contributed by atoms with Gasteiger partial charge in [-0.1, -0.05) is 35.9 Å². The van der Waals surface area contributed by atoms with Crippen molar-refractivity contribution in [3.63, 3.8) is 0 Å². The van der Waals surface area contributed by atoms with E-state index in [1.54, 1.807) is 0 Å². The summed E-state index contributed by atoms with van der Waals surface area (Å²) in [5, 5.41) is 0.590. The molecule has 0 aromatic heterocycles. The molecule has 0 amide bonds. The Kier molecular flexibility index (Phi) is 6.03. The molecule has 0 aliphatic carbocycles. The van der Waals surface area contributed by atoms with Gasteiger partial charge in [0.2, 0.25) is 0 Å². The first-order valence-electron chi connectivity index (χ1n) is 6.44. The SMILES string of the molecule is ClCc1ccc(OCCCOc2ccccc2)c(Cl)c1. The molecule has 0 spiro atoms. The summed E-state index contributed by atoms with van der Waals surface area (Å²) in [6.45, 7) is 1.17. The van der Waals surface area contributed by atoms with Gasteiger partial charge in [0.25, 0.3) is 0 Å². The first kappa shape index (κ1) is 15.0. The van der Waals surface area contributed by atoms with Crippen molar-refractivity contribution in [1.29, 1.82) is 0 Å². The lowest BCUT2D eigenvalue weighted by Crippen LogP contribution is -2.05. The van der Waals surface area contributed by atoms with Gasteiger partial charge in [0.05, 0.1) is 18.2 Å². The maximum Gasteiger partial charge on any atom is 0.137 e. The number of alkyl halides is 1. The Bertz CT molecular complexity index is 529. The highest BCUT2D eigenvalue weighted by Crippen LogP contribution is 2.26. The van der Waals surface area contributed by atoms with Crippen LogP contribution in [0.5, 0.6) is 11.5 Å². The molecule has 0 fully saturated rings. The van der Waals surface area contributed by atoms with Crippen molar-refractivity contribution in [2.75, 3.05) is 13.2 Å². The van der Waals surface area contributed by atoms with Crippen LogP contribution in [0.4, 0.5) is 0 Å². The van der Waals surface area contributed by atoms with Crippen molar-refractivity contribution >= 4 is 23.2 Å². The van der Waals surface area contributed by atoms with E-state index in [1.807, 2.05) is 48.5 Å².